The van der Waals surface area contributed by atoms with E-state index in [1.807, 2.05) is 13.8 Å². The highest BCUT2D eigenvalue weighted by Crippen LogP contribution is 2.26. The minimum Gasteiger partial charge on any atom is -0.312 e. The fourth-order valence-electron chi connectivity index (χ4n) is 1.91. The zero-order valence-corrected chi connectivity index (χ0v) is 14.5. The lowest BCUT2D eigenvalue weighted by Crippen LogP contribution is -2.28. The minimum absolute atomic E-state index is 0.409. The van der Waals surface area contributed by atoms with Crippen LogP contribution >= 0.6 is 11.3 Å². The molecule has 1 aromatic rings. The van der Waals surface area contributed by atoms with Gasteiger partial charge in [-0.15, -0.1) is 11.3 Å². The molecule has 116 valence electrons. The zero-order valence-electron chi connectivity index (χ0n) is 12.8. The van der Waals surface area contributed by atoms with E-state index in [-0.39, 0.29) is 0 Å². The summed E-state index contributed by atoms with van der Waals surface area (Å²) in [6.45, 7) is 10.3. The number of aryl methyl sites for hydroxylation is 1. The Bertz CT molecular complexity index is 505. The molecular weight excluding hydrogens is 292 g/mol. The second-order valence-electron chi connectivity index (χ2n) is 4.99. The van der Waals surface area contributed by atoms with Gasteiger partial charge < -0.3 is 5.32 Å². The van der Waals surface area contributed by atoms with Crippen molar-refractivity contribution in [2.24, 2.45) is 5.92 Å². The predicted octanol–water partition coefficient (Wildman–Crippen LogP) is 2.88. The molecular formula is C14H26N2O2S2. The summed E-state index contributed by atoms with van der Waals surface area (Å²) in [5, 5.41) is 3.23. The predicted molar refractivity (Wildman–Crippen MR) is 85.7 cm³/mol. The van der Waals surface area contributed by atoms with Gasteiger partial charge in [0.2, 0.25) is 10.0 Å². The van der Waals surface area contributed by atoms with Gasteiger partial charge in [-0.05, 0) is 31.0 Å². The number of hydrogen-bond donors (Lipinski definition) is 2. The molecule has 0 spiro atoms. The average Bonchev–Trinajstić information content (AvgIpc) is 2.79. The van der Waals surface area contributed by atoms with Crippen molar-refractivity contribution < 1.29 is 8.42 Å². The van der Waals surface area contributed by atoms with Gasteiger partial charge in [-0.25, -0.2) is 13.1 Å². The summed E-state index contributed by atoms with van der Waals surface area (Å²) in [5.41, 5.74) is 1.04. The average molecular weight is 319 g/mol. The van der Waals surface area contributed by atoms with E-state index in [1.165, 1.54) is 11.3 Å². The van der Waals surface area contributed by atoms with Gasteiger partial charge in [-0.1, -0.05) is 33.6 Å². The lowest BCUT2D eigenvalue weighted by molar-refractivity contribution is 0.479. The molecule has 0 amide bonds. The lowest BCUT2D eigenvalue weighted by atomic mass is 10.0. The van der Waals surface area contributed by atoms with Crippen LogP contribution in [0.5, 0.6) is 0 Å². The Labute approximate surface area is 127 Å². The maximum Gasteiger partial charge on any atom is 0.250 e. The van der Waals surface area contributed by atoms with E-state index in [1.54, 1.807) is 6.07 Å². The van der Waals surface area contributed by atoms with E-state index in [0.29, 0.717) is 16.7 Å². The Kier molecular flexibility index (Phi) is 7.15. The Balaban J connectivity index is 2.77. The molecule has 0 fully saturated rings. The smallest absolute Gasteiger partial charge is 0.250 e. The Morgan fingerprint density at radius 1 is 1.25 bits per heavy atom. The summed E-state index contributed by atoms with van der Waals surface area (Å²) in [5.74, 6) is 0.409. The molecule has 1 rings (SSSR count). The molecule has 1 heterocycles. The normalized spacial score (nSPS) is 12.2. The van der Waals surface area contributed by atoms with Crippen LogP contribution in [0.2, 0.25) is 0 Å². The summed E-state index contributed by atoms with van der Waals surface area (Å²) in [7, 11) is -3.36. The van der Waals surface area contributed by atoms with Crippen LogP contribution in [0.1, 0.15) is 44.1 Å². The molecule has 0 aromatic carbocycles. The summed E-state index contributed by atoms with van der Waals surface area (Å²) in [6, 6.07) is 1.77. The molecule has 0 saturated heterocycles. The SMILES string of the molecule is CCNCc1sc(S(=O)(=O)NCC(CC)CC)cc1C. The minimum atomic E-state index is -3.36. The van der Waals surface area contributed by atoms with Crippen LogP contribution < -0.4 is 10.0 Å². The van der Waals surface area contributed by atoms with Crippen LogP contribution in [-0.2, 0) is 16.6 Å². The van der Waals surface area contributed by atoms with Gasteiger partial charge in [-0.2, -0.15) is 0 Å². The third kappa shape index (κ3) is 4.84. The molecule has 0 unspecified atom stereocenters. The topological polar surface area (TPSA) is 58.2 Å². The van der Waals surface area contributed by atoms with E-state index in [4.69, 9.17) is 0 Å². The van der Waals surface area contributed by atoms with Crippen molar-refractivity contribution in [1.29, 1.82) is 0 Å². The molecule has 2 N–H and O–H groups in total. The number of hydrogen-bond acceptors (Lipinski definition) is 4. The third-order valence-corrected chi connectivity index (χ3v) is 6.65. The number of sulfonamides is 1. The summed E-state index contributed by atoms with van der Waals surface area (Å²) >= 11 is 1.36. The highest BCUT2D eigenvalue weighted by Gasteiger charge is 2.19. The van der Waals surface area contributed by atoms with E-state index in [9.17, 15) is 8.42 Å². The molecule has 20 heavy (non-hydrogen) atoms. The first kappa shape index (κ1) is 17.6. The highest BCUT2D eigenvalue weighted by molar-refractivity contribution is 7.91. The van der Waals surface area contributed by atoms with Crippen LogP contribution in [0.25, 0.3) is 0 Å². The third-order valence-electron chi connectivity index (χ3n) is 3.52. The zero-order chi connectivity index (χ0) is 15.2. The molecule has 0 bridgehead atoms. The maximum atomic E-state index is 12.3. The molecule has 0 aliphatic rings. The summed E-state index contributed by atoms with van der Waals surface area (Å²) in [4.78, 5) is 1.09. The molecule has 4 nitrogen and oxygen atoms in total. The second kappa shape index (κ2) is 8.12. The van der Waals surface area contributed by atoms with Crippen LogP contribution in [0, 0.1) is 12.8 Å². The molecule has 0 atom stereocenters. The highest BCUT2D eigenvalue weighted by atomic mass is 32.2. The number of nitrogens with one attached hydrogen (secondary N) is 2. The van der Waals surface area contributed by atoms with Crippen LogP contribution in [0.3, 0.4) is 0 Å². The van der Waals surface area contributed by atoms with Crippen molar-refractivity contribution in [1.82, 2.24) is 10.0 Å². The van der Waals surface area contributed by atoms with Gasteiger partial charge in [0.1, 0.15) is 4.21 Å². The molecule has 1 aromatic heterocycles. The van der Waals surface area contributed by atoms with Crippen molar-refractivity contribution in [3.05, 3.63) is 16.5 Å². The quantitative estimate of drug-likeness (QED) is 0.736. The van der Waals surface area contributed by atoms with Crippen LogP contribution in [0.15, 0.2) is 10.3 Å². The van der Waals surface area contributed by atoms with Gasteiger partial charge in [0.05, 0.1) is 0 Å². The Morgan fingerprint density at radius 3 is 2.45 bits per heavy atom. The Morgan fingerprint density at radius 2 is 1.90 bits per heavy atom. The fraction of sp³-hybridized carbons (Fsp3) is 0.714. The first-order valence-corrected chi connectivity index (χ1v) is 9.54. The molecule has 0 aliphatic heterocycles. The van der Waals surface area contributed by atoms with Gasteiger partial charge >= 0.3 is 0 Å². The van der Waals surface area contributed by atoms with Gasteiger partial charge in [0.15, 0.2) is 0 Å². The molecule has 0 saturated carbocycles. The van der Waals surface area contributed by atoms with Gasteiger partial charge in [0.25, 0.3) is 0 Å². The number of rotatable bonds is 9. The van der Waals surface area contributed by atoms with E-state index < -0.39 is 10.0 Å². The molecule has 0 radical (unpaired) electrons. The first-order valence-electron chi connectivity index (χ1n) is 7.24. The monoisotopic (exact) mass is 318 g/mol. The summed E-state index contributed by atoms with van der Waals surface area (Å²) < 4.78 is 27.7. The maximum absolute atomic E-state index is 12.3. The van der Waals surface area contributed by atoms with Gasteiger partial charge in [0, 0.05) is 18.0 Å². The van der Waals surface area contributed by atoms with Crippen molar-refractivity contribution in [2.45, 2.75) is 51.3 Å². The van der Waals surface area contributed by atoms with E-state index in [0.717, 1.165) is 36.4 Å². The van der Waals surface area contributed by atoms with Crippen molar-refractivity contribution in [3.8, 4) is 0 Å². The summed E-state index contributed by atoms with van der Waals surface area (Å²) in [6.07, 6.45) is 1.99. The standard InChI is InChI=1S/C14H26N2O2S2/c1-5-12(6-2)9-16-20(17,18)14-8-11(4)13(19-14)10-15-7-3/h8,12,15-16H,5-7,9-10H2,1-4H3. The second-order valence-corrected chi connectivity index (χ2v) is 8.12. The Hall–Kier alpha value is -0.430. The van der Waals surface area contributed by atoms with E-state index >= 15 is 0 Å². The van der Waals surface area contributed by atoms with Gasteiger partial charge in [-0.3, -0.25) is 0 Å². The molecule has 0 aliphatic carbocycles. The first-order chi connectivity index (χ1) is 9.44. The fourth-order valence-corrected chi connectivity index (χ4v) is 4.63. The number of thiophene rings is 1. The van der Waals surface area contributed by atoms with Crippen molar-refractivity contribution in [2.75, 3.05) is 13.1 Å². The largest absolute Gasteiger partial charge is 0.312 e. The van der Waals surface area contributed by atoms with Crippen LogP contribution in [0.4, 0.5) is 0 Å². The lowest BCUT2D eigenvalue weighted by Gasteiger charge is -2.12. The molecule has 6 heteroatoms. The van der Waals surface area contributed by atoms with Crippen molar-refractivity contribution in [3.63, 3.8) is 0 Å². The van der Waals surface area contributed by atoms with Crippen LogP contribution in [-0.4, -0.2) is 21.5 Å². The van der Waals surface area contributed by atoms with Crippen molar-refractivity contribution >= 4 is 21.4 Å². The van der Waals surface area contributed by atoms with E-state index in [2.05, 4.69) is 23.9 Å².